The van der Waals surface area contributed by atoms with Crippen molar-refractivity contribution in [2.45, 2.75) is 19.9 Å². The molecule has 0 fully saturated rings. The lowest BCUT2D eigenvalue weighted by molar-refractivity contribution is -0.383. The van der Waals surface area contributed by atoms with Crippen LogP contribution < -0.4 is 5.32 Å². The first-order chi connectivity index (χ1) is 9.19. The van der Waals surface area contributed by atoms with Crippen molar-refractivity contribution >= 4 is 11.5 Å². The van der Waals surface area contributed by atoms with Gasteiger partial charge in [0, 0.05) is 19.8 Å². The predicted molar refractivity (Wildman–Crippen MR) is 69.7 cm³/mol. The van der Waals surface area contributed by atoms with Gasteiger partial charge in [-0.05, 0) is 12.5 Å². The molecule has 8 nitrogen and oxygen atoms in total. The summed E-state index contributed by atoms with van der Waals surface area (Å²) < 4.78 is 1.70. The highest BCUT2D eigenvalue weighted by Crippen LogP contribution is 2.32. The second-order valence-corrected chi connectivity index (χ2v) is 3.87. The van der Waals surface area contributed by atoms with Gasteiger partial charge >= 0.3 is 5.69 Å². The van der Waals surface area contributed by atoms with Gasteiger partial charge in [0.25, 0.3) is 0 Å². The molecule has 0 radical (unpaired) electrons. The first-order valence-electron chi connectivity index (χ1n) is 5.88. The van der Waals surface area contributed by atoms with Crippen molar-refractivity contribution in [1.29, 1.82) is 0 Å². The number of aryl methyl sites for hydroxylation is 1. The molecule has 19 heavy (non-hydrogen) atoms. The second kappa shape index (κ2) is 5.42. The van der Waals surface area contributed by atoms with Gasteiger partial charge in [-0.25, -0.2) is 9.97 Å². The standard InChI is InChI=1S/C11H14N6O2/c1-3-6-16-8(4-5-15-16)9-10(17(18)19)11(12-2)14-7-13-9/h4-5,7H,3,6H2,1-2H3,(H,12,13,14). The third-order valence-corrected chi connectivity index (χ3v) is 2.64. The van der Waals surface area contributed by atoms with Gasteiger partial charge in [0.1, 0.15) is 6.33 Å². The van der Waals surface area contributed by atoms with Crippen LogP contribution >= 0.6 is 0 Å². The van der Waals surface area contributed by atoms with Gasteiger partial charge < -0.3 is 5.32 Å². The minimum absolute atomic E-state index is 0.136. The zero-order valence-electron chi connectivity index (χ0n) is 10.7. The van der Waals surface area contributed by atoms with E-state index in [2.05, 4.69) is 20.4 Å². The summed E-state index contributed by atoms with van der Waals surface area (Å²) in [5, 5.41) is 18.1. The van der Waals surface area contributed by atoms with Gasteiger partial charge in [0.05, 0.1) is 10.6 Å². The van der Waals surface area contributed by atoms with Crippen molar-refractivity contribution in [3.63, 3.8) is 0 Å². The molecule has 0 saturated heterocycles. The van der Waals surface area contributed by atoms with Crippen LogP contribution in [0.4, 0.5) is 11.5 Å². The molecule has 2 aromatic heterocycles. The van der Waals surface area contributed by atoms with Gasteiger partial charge in [-0.15, -0.1) is 0 Å². The van der Waals surface area contributed by atoms with Crippen molar-refractivity contribution in [1.82, 2.24) is 19.7 Å². The Morgan fingerprint density at radius 1 is 1.47 bits per heavy atom. The van der Waals surface area contributed by atoms with E-state index in [1.807, 2.05) is 6.92 Å². The van der Waals surface area contributed by atoms with Crippen LogP contribution in [0.1, 0.15) is 13.3 Å². The van der Waals surface area contributed by atoms with E-state index in [1.165, 1.54) is 6.33 Å². The molecular formula is C11H14N6O2. The molecule has 2 rings (SSSR count). The highest BCUT2D eigenvalue weighted by Gasteiger charge is 2.25. The van der Waals surface area contributed by atoms with E-state index in [0.29, 0.717) is 12.2 Å². The monoisotopic (exact) mass is 262 g/mol. The van der Waals surface area contributed by atoms with E-state index in [0.717, 1.165) is 6.42 Å². The molecule has 8 heteroatoms. The van der Waals surface area contributed by atoms with Crippen molar-refractivity contribution in [2.24, 2.45) is 0 Å². The molecule has 0 unspecified atom stereocenters. The smallest absolute Gasteiger partial charge is 0.338 e. The summed E-state index contributed by atoms with van der Waals surface area (Å²) in [6.45, 7) is 2.69. The van der Waals surface area contributed by atoms with Crippen LogP contribution in [0.25, 0.3) is 11.4 Å². The molecule has 0 aromatic carbocycles. The average molecular weight is 262 g/mol. The Balaban J connectivity index is 2.61. The fourth-order valence-electron chi connectivity index (χ4n) is 1.85. The number of anilines is 1. The Labute approximate surface area is 109 Å². The van der Waals surface area contributed by atoms with Crippen molar-refractivity contribution < 1.29 is 4.92 Å². The molecule has 0 atom stereocenters. The maximum absolute atomic E-state index is 11.2. The largest absolute Gasteiger partial charge is 0.367 e. The SMILES string of the molecule is CCCn1nccc1-c1ncnc(NC)c1[N+](=O)[O-]. The number of hydrogen-bond donors (Lipinski definition) is 1. The average Bonchev–Trinajstić information content (AvgIpc) is 2.86. The van der Waals surface area contributed by atoms with E-state index in [1.54, 1.807) is 24.0 Å². The number of nitrogens with zero attached hydrogens (tertiary/aromatic N) is 5. The number of rotatable bonds is 5. The fourth-order valence-corrected chi connectivity index (χ4v) is 1.85. The van der Waals surface area contributed by atoms with Crippen LogP contribution in [0, 0.1) is 10.1 Å². The van der Waals surface area contributed by atoms with Gasteiger partial charge in [-0.3, -0.25) is 14.8 Å². The summed E-state index contributed by atoms with van der Waals surface area (Å²) >= 11 is 0. The second-order valence-electron chi connectivity index (χ2n) is 3.87. The van der Waals surface area contributed by atoms with Crippen LogP contribution in [0.2, 0.25) is 0 Å². The topological polar surface area (TPSA) is 98.8 Å². The minimum atomic E-state index is -0.482. The Hall–Kier alpha value is -2.51. The van der Waals surface area contributed by atoms with Gasteiger partial charge in [-0.1, -0.05) is 6.92 Å². The lowest BCUT2D eigenvalue weighted by atomic mass is 10.2. The lowest BCUT2D eigenvalue weighted by Crippen LogP contribution is -2.07. The molecule has 0 spiro atoms. The number of nitrogens with one attached hydrogen (secondary N) is 1. The lowest BCUT2D eigenvalue weighted by Gasteiger charge is -2.07. The highest BCUT2D eigenvalue weighted by molar-refractivity contribution is 5.74. The Morgan fingerprint density at radius 3 is 2.89 bits per heavy atom. The summed E-state index contributed by atoms with van der Waals surface area (Å²) in [6.07, 6.45) is 3.79. The maximum Gasteiger partial charge on any atom is 0.338 e. The molecule has 0 saturated carbocycles. The molecule has 100 valence electrons. The summed E-state index contributed by atoms with van der Waals surface area (Å²) in [7, 11) is 1.59. The molecular weight excluding hydrogens is 248 g/mol. The third kappa shape index (κ3) is 2.37. The van der Waals surface area contributed by atoms with Crippen LogP contribution in [-0.2, 0) is 6.54 Å². The highest BCUT2D eigenvalue weighted by atomic mass is 16.6. The first-order valence-corrected chi connectivity index (χ1v) is 5.88. The van der Waals surface area contributed by atoms with Crippen molar-refractivity contribution in [2.75, 3.05) is 12.4 Å². The van der Waals surface area contributed by atoms with E-state index in [4.69, 9.17) is 0 Å². The fraction of sp³-hybridized carbons (Fsp3) is 0.364. The van der Waals surface area contributed by atoms with Crippen molar-refractivity contribution in [3.05, 3.63) is 28.7 Å². The molecule has 2 aromatic rings. The summed E-state index contributed by atoms with van der Waals surface area (Å²) in [5.41, 5.74) is 0.755. The number of nitro groups is 1. The van der Waals surface area contributed by atoms with Gasteiger partial charge in [-0.2, -0.15) is 5.10 Å². The van der Waals surface area contributed by atoms with Crippen LogP contribution in [0.15, 0.2) is 18.6 Å². The van der Waals surface area contributed by atoms with Crippen LogP contribution in [-0.4, -0.2) is 31.7 Å². The van der Waals surface area contributed by atoms with Crippen molar-refractivity contribution in [3.8, 4) is 11.4 Å². The Kier molecular flexibility index (Phi) is 3.69. The molecule has 2 heterocycles. The van der Waals surface area contributed by atoms with E-state index in [9.17, 15) is 10.1 Å². The third-order valence-electron chi connectivity index (χ3n) is 2.64. The molecule has 0 aliphatic rings. The van der Waals surface area contributed by atoms with Gasteiger partial charge in [0.2, 0.25) is 5.82 Å². The molecule has 0 aliphatic carbocycles. The van der Waals surface area contributed by atoms with E-state index >= 15 is 0 Å². The number of hydrogen-bond acceptors (Lipinski definition) is 6. The molecule has 0 bridgehead atoms. The molecule has 1 N–H and O–H groups in total. The zero-order valence-corrected chi connectivity index (χ0v) is 10.7. The minimum Gasteiger partial charge on any atom is -0.367 e. The molecule has 0 aliphatic heterocycles. The normalized spacial score (nSPS) is 10.4. The molecule has 0 amide bonds. The number of aromatic nitrogens is 4. The summed E-state index contributed by atoms with van der Waals surface area (Å²) in [6, 6.07) is 1.71. The van der Waals surface area contributed by atoms with Gasteiger partial charge in [0.15, 0.2) is 5.69 Å². The summed E-state index contributed by atoms with van der Waals surface area (Å²) in [5.74, 6) is 0.194. The van der Waals surface area contributed by atoms with E-state index in [-0.39, 0.29) is 17.2 Å². The predicted octanol–water partition coefficient (Wildman–Crippen LogP) is 1.70. The van der Waals surface area contributed by atoms with Crippen LogP contribution in [0.5, 0.6) is 0 Å². The first kappa shape index (κ1) is 12.9. The summed E-state index contributed by atoms with van der Waals surface area (Å²) in [4.78, 5) is 18.7. The van der Waals surface area contributed by atoms with Crippen LogP contribution in [0.3, 0.4) is 0 Å². The maximum atomic E-state index is 11.2. The van der Waals surface area contributed by atoms with E-state index < -0.39 is 4.92 Å². The Morgan fingerprint density at radius 2 is 2.26 bits per heavy atom. The quantitative estimate of drug-likeness (QED) is 0.650. The zero-order chi connectivity index (χ0) is 13.8. The Bertz CT molecular complexity index is 595.